The number of rotatable bonds is 3. The van der Waals surface area contributed by atoms with E-state index in [-0.39, 0.29) is 11.6 Å². The molecule has 0 aliphatic heterocycles. The standard InChI is InChI=1S/C17H18F2O/c1-11-4-5-12(10-15(11)19)16(20)17(2,3)13-6-8-14(18)9-7-13/h4-10,16,20H,1-3H3. The van der Waals surface area contributed by atoms with Crippen LogP contribution in [0.3, 0.4) is 0 Å². The minimum absolute atomic E-state index is 0.319. The third kappa shape index (κ3) is 2.73. The lowest BCUT2D eigenvalue weighted by atomic mass is 9.76. The minimum Gasteiger partial charge on any atom is -0.388 e. The van der Waals surface area contributed by atoms with Crippen molar-refractivity contribution in [1.29, 1.82) is 0 Å². The molecule has 1 unspecified atom stereocenters. The van der Waals surface area contributed by atoms with E-state index in [4.69, 9.17) is 0 Å². The molecule has 2 aromatic rings. The maximum absolute atomic E-state index is 13.6. The summed E-state index contributed by atoms with van der Waals surface area (Å²) in [6.07, 6.45) is -0.872. The van der Waals surface area contributed by atoms with E-state index >= 15 is 0 Å². The number of hydrogen-bond acceptors (Lipinski definition) is 1. The molecule has 2 aromatic carbocycles. The van der Waals surface area contributed by atoms with Crippen molar-refractivity contribution >= 4 is 0 Å². The molecular formula is C17H18F2O. The second kappa shape index (κ2) is 5.33. The van der Waals surface area contributed by atoms with Crippen LogP contribution in [0.2, 0.25) is 0 Å². The van der Waals surface area contributed by atoms with Crippen LogP contribution in [-0.4, -0.2) is 5.11 Å². The summed E-state index contributed by atoms with van der Waals surface area (Å²) < 4.78 is 26.6. The van der Waals surface area contributed by atoms with E-state index in [1.807, 2.05) is 13.8 Å². The van der Waals surface area contributed by atoms with Crippen LogP contribution >= 0.6 is 0 Å². The fraction of sp³-hybridized carbons (Fsp3) is 0.294. The van der Waals surface area contributed by atoms with Crippen LogP contribution in [0.4, 0.5) is 8.78 Å². The molecule has 1 nitrogen and oxygen atoms in total. The quantitative estimate of drug-likeness (QED) is 0.887. The lowest BCUT2D eigenvalue weighted by molar-refractivity contribution is 0.0999. The predicted octanol–water partition coefficient (Wildman–Crippen LogP) is 4.28. The Kier molecular flexibility index (Phi) is 3.91. The zero-order chi connectivity index (χ0) is 14.9. The van der Waals surface area contributed by atoms with E-state index in [1.54, 1.807) is 31.2 Å². The summed E-state index contributed by atoms with van der Waals surface area (Å²) in [5.41, 5.74) is 1.21. The second-order valence-corrected chi connectivity index (χ2v) is 5.64. The summed E-state index contributed by atoms with van der Waals surface area (Å²) in [5.74, 6) is -0.656. The molecule has 1 N–H and O–H groups in total. The maximum atomic E-state index is 13.6. The first kappa shape index (κ1) is 14.7. The maximum Gasteiger partial charge on any atom is 0.126 e. The highest BCUT2D eigenvalue weighted by Crippen LogP contribution is 2.37. The van der Waals surface area contributed by atoms with Gasteiger partial charge in [-0.05, 0) is 41.8 Å². The first-order valence-electron chi connectivity index (χ1n) is 6.52. The highest BCUT2D eigenvalue weighted by atomic mass is 19.1. The van der Waals surface area contributed by atoms with E-state index in [0.717, 1.165) is 5.56 Å². The number of hydrogen-bond donors (Lipinski definition) is 1. The molecule has 2 rings (SSSR count). The molecule has 3 heteroatoms. The van der Waals surface area contributed by atoms with Crippen LogP contribution in [0.5, 0.6) is 0 Å². The van der Waals surface area contributed by atoms with Crippen LogP contribution in [-0.2, 0) is 5.41 Å². The van der Waals surface area contributed by atoms with E-state index in [2.05, 4.69) is 0 Å². The van der Waals surface area contributed by atoms with Crippen molar-refractivity contribution in [2.24, 2.45) is 0 Å². The van der Waals surface area contributed by atoms with Crippen molar-refractivity contribution < 1.29 is 13.9 Å². The minimum atomic E-state index is -0.872. The molecule has 0 aromatic heterocycles. The Balaban J connectivity index is 2.37. The van der Waals surface area contributed by atoms with Crippen LogP contribution in [0, 0.1) is 18.6 Å². The second-order valence-electron chi connectivity index (χ2n) is 5.64. The van der Waals surface area contributed by atoms with Gasteiger partial charge in [-0.25, -0.2) is 8.78 Å². The lowest BCUT2D eigenvalue weighted by Gasteiger charge is -2.31. The molecule has 0 amide bonds. The zero-order valence-corrected chi connectivity index (χ0v) is 11.8. The van der Waals surface area contributed by atoms with Crippen molar-refractivity contribution in [1.82, 2.24) is 0 Å². The number of aliphatic hydroxyl groups is 1. The molecule has 0 heterocycles. The first-order valence-corrected chi connectivity index (χ1v) is 6.52. The molecule has 0 aliphatic rings. The summed E-state index contributed by atoms with van der Waals surface area (Å²) in [4.78, 5) is 0. The van der Waals surface area contributed by atoms with Crippen molar-refractivity contribution in [3.05, 3.63) is 70.8 Å². The molecule has 0 bridgehead atoms. The van der Waals surface area contributed by atoms with Gasteiger partial charge in [-0.1, -0.05) is 38.1 Å². The van der Waals surface area contributed by atoms with Gasteiger partial charge in [0.05, 0.1) is 6.10 Å². The van der Waals surface area contributed by atoms with E-state index in [0.29, 0.717) is 11.1 Å². The van der Waals surface area contributed by atoms with Crippen molar-refractivity contribution in [3.63, 3.8) is 0 Å². The van der Waals surface area contributed by atoms with Crippen LogP contribution < -0.4 is 0 Å². The van der Waals surface area contributed by atoms with Crippen molar-refractivity contribution in [2.45, 2.75) is 32.3 Å². The van der Waals surface area contributed by atoms with Crippen LogP contribution in [0.25, 0.3) is 0 Å². The molecular weight excluding hydrogens is 258 g/mol. The molecule has 0 saturated heterocycles. The SMILES string of the molecule is Cc1ccc(C(O)C(C)(C)c2ccc(F)cc2)cc1F. The van der Waals surface area contributed by atoms with Gasteiger partial charge < -0.3 is 5.11 Å². The van der Waals surface area contributed by atoms with Gasteiger partial charge in [-0.15, -0.1) is 0 Å². The van der Waals surface area contributed by atoms with Gasteiger partial charge in [0.25, 0.3) is 0 Å². The predicted molar refractivity (Wildman–Crippen MR) is 75.5 cm³/mol. The fourth-order valence-electron chi connectivity index (χ4n) is 2.23. The smallest absolute Gasteiger partial charge is 0.126 e. The normalized spacial score (nSPS) is 13.3. The molecule has 106 valence electrons. The Morgan fingerprint density at radius 3 is 2.15 bits per heavy atom. The summed E-state index contributed by atoms with van der Waals surface area (Å²) in [6, 6.07) is 10.7. The zero-order valence-electron chi connectivity index (χ0n) is 11.8. The van der Waals surface area contributed by atoms with Crippen molar-refractivity contribution in [3.8, 4) is 0 Å². The Hall–Kier alpha value is -1.74. The van der Waals surface area contributed by atoms with Crippen LogP contribution in [0.15, 0.2) is 42.5 Å². The Labute approximate surface area is 117 Å². The highest BCUT2D eigenvalue weighted by molar-refractivity contribution is 5.32. The van der Waals surface area contributed by atoms with E-state index in [1.165, 1.54) is 18.2 Å². The number of aryl methyl sites for hydroxylation is 1. The third-order valence-corrected chi connectivity index (χ3v) is 3.78. The molecule has 1 atom stereocenters. The van der Waals surface area contributed by atoms with Crippen LogP contribution in [0.1, 0.15) is 36.6 Å². The largest absolute Gasteiger partial charge is 0.388 e. The molecule has 0 saturated carbocycles. The summed E-state index contributed by atoms with van der Waals surface area (Å²) >= 11 is 0. The van der Waals surface area contributed by atoms with Gasteiger partial charge in [-0.3, -0.25) is 0 Å². The molecule has 0 radical (unpaired) electrons. The van der Waals surface area contributed by atoms with Gasteiger partial charge in [-0.2, -0.15) is 0 Å². The summed E-state index contributed by atoms with van der Waals surface area (Å²) in [7, 11) is 0. The first-order chi connectivity index (χ1) is 9.32. The monoisotopic (exact) mass is 276 g/mol. The molecule has 20 heavy (non-hydrogen) atoms. The Morgan fingerprint density at radius 2 is 1.60 bits per heavy atom. The highest BCUT2D eigenvalue weighted by Gasteiger charge is 2.31. The fourth-order valence-corrected chi connectivity index (χ4v) is 2.23. The van der Waals surface area contributed by atoms with Gasteiger partial charge in [0.2, 0.25) is 0 Å². The van der Waals surface area contributed by atoms with Gasteiger partial charge in [0.1, 0.15) is 11.6 Å². The van der Waals surface area contributed by atoms with Gasteiger partial charge >= 0.3 is 0 Å². The van der Waals surface area contributed by atoms with E-state index < -0.39 is 11.5 Å². The topological polar surface area (TPSA) is 20.2 Å². The Bertz CT molecular complexity index is 603. The molecule has 0 fully saturated rings. The third-order valence-electron chi connectivity index (χ3n) is 3.78. The van der Waals surface area contributed by atoms with Crippen molar-refractivity contribution in [2.75, 3.05) is 0 Å². The number of benzene rings is 2. The average Bonchev–Trinajstić information content (AvgIpc) is 2.41. The molecule has 0 aliphatic carbocycles. The van der Waals surface area contributed by atoms with Gasteiger partial charge in [0, 0.05) is 5.41 Å². The lowest BCUT2D eigenvalue weighted by Crippen LogP contribution is -2.27. The van der Waals surface area contributed by atoms with E-state index in [9.17, 15) is 13.9 Å². The average molecular weight is 276 g/mol. The summed E-state index contributed by atoms with van der Waals surface area (Å²) in [5, 5.41) is 10.5. The Morgan fingerprint density at radius 1 is 1.00 bits per heavy atom. The molecule has 0 spiro atoms. The van der Waals surface area contributed by atoms with Gasteiger partial charge in [0.15, 0.2) is 0 Å². The number of halogens is 2. The summed E-state index contributed by atoms with van der Waals surface area (Å²) in [6.45, 7) is 5.38. The number of aliphatic hydroxyl groups excluding tert-OH is 1.